The minimum absolute atomic E-state index is 0.483. The van der Waals surface area contributed by atoms with Gasteiger partial charge in [-0.05, 0) is 36.6 Å². The maximum absolute atomic E-state index is 5.58. The number of nitrogens with one attached hydrogen (secondary N) is 1. The van der Waals surface area contributed by atoms with Crippen molar-refractivity contribution in [2.24, 2.45) is 0 Å². The number of aromatic nitrogens is 4. The first kappa shape index (κ1) is 12.1. The minimum Gasteiger partial charge on any atom is -0.408 e. The normalized spacial score (nSPS) is 14.3. The van der Waals surface area contributed by atoms with E-state index in [-0.39, 0.29) is 0 Å². The number of nitrogens with zero attached hydrogens (tertiary/aromatic N) is 4. The summed E-state index contributed by atoms with van der Waals surface area (Å²) >= 11 is 0. The first-order valence-electron chi connectivity index (χ1n) is 7.05. The largest absolute Gasteiger partial charge is 0.408 e. The van der Waals surface area contributed by atoms with Crippen LogP contribution in [0.2, 0.25) is 0 Å². The van der Waals surface area contributed by atoms with Crippen LogP contribution >= 0.6 is 0 Å². The molecule has 0 amide bonds. The van der Waals surface area contributed by atoms with Gasteiger partial charge >= 0.3 is 6.01 Å². The molecule has 3 aromatic rings. The van der Waals surface area contributed by atoms with Gasteiger partial charge in [0.2, 0.25) is 5.89 Å². The fraction of sp³-hybridized carbons (Fsp3) is 0.267. The van der Waals surface area contributed by atoms with Crippen molar-refractivity contribution in [3.8, 4) is 5.69 Å². The zero-order chi connectivity index (χ0) is 14.1. The molecule has 1 aromatic carbocycles. The van der Waals surface area contributed by atoms with Crippen molar-refractivity contribution in [1.82, 2.24) is 20.0 Å². The standard InChI is InChI=1S/C15H15N5O/c1-3-11(9-13(4-1)20-8-2-7-17-20)10-16-15-19-18-14(21-15)12-5-6-12/h1-4,7-9,12H,5-6,10H2,(H,16,19). The highest BCUT2D eigenvalue weighted by atomic mass is 16.4. The lowest BCUT2D eigenvalue weighted by Gasteiger charge is -2.05. The number of hydrogen-bond donors (Lipinski definition) is 1. The van der Waals surface area contributed by atoms with Crippen molar-refractivity contribution in [2.75, 3.05) is 5.32 Å². The molecule has 0 bridgehead atoms. The molecule has 0 spiro atoms. The zero-order valence-electron chi connectivity index (χ0n) is 11.4. The average molecular weight is 281 g/mol. The molecule has 21 heavy (non-hydrogen) atoms. The fourth-order valence-electron chi connectivity index (χ4n) is 2.21. The molecular formula is C15H15N5O. The molecular weight excluding hydrogens is 266 g/mol. The van der Waals surface area contributed by atoms with Crippen molar-refractivity contribution in [3.05, 3.63) is 54.2 Å². The van der Waals surface area contributed by atoms with E-state index in [1.54, 1.807) is 6.20 Å². The van der Waals surface area contributed by atoms with Crippen molar-refractivity contribution >= 4 is 6.01 Å². The van der Waals surface area contributed by atoms with Crippen LogP contribution in [0.5, 0.6) is 0 Å². The van der Waals surface area contributed by atoms with Crippen molar-refractivity contribution < 1.29 is 4.42 Å². The van der Waals surface area contributed by atoms with Gasteiger partial charge in [0.1, 0.15) is 0 Å². The number of rotatable bonds is 5. The lowest BCUT2D eigenvalue weighted by atomic mass is 10.2. The Morgan fingerprint density at radius 3 is 3.00 bits per heavy atom. The quantitative estimate of drug-likeness (QED) is 0.778. The van der Waals surface area contributed by atoms with Gasteiger partial charge in [0.25, 0.3) is 0 Å². The van der Waals surface area contributed by atoms with Gasteiger partial charge in [-0.2, -0.15) is 5.10 Å². The summed E-state index contributed by atoms with van der Waals surface area (Å²) in [6.45, 7) is 0.640. The third kappa shape index (κ3) is 2.65. The topological polar surface area (TPSA) is 68.8 Å². The van der Waals surface area contributed by atoms with Gasteiger partial charge in [0, 0.05) is 24.9 Å². The zero-order valence-corrected chi connectivity index (χ0v) is 11.4. The molecule has 6 heteroatoms. The monoisotopic (exact) mass is 281 g/mol. The fourth-order valence-corrected chi connectivity index (χ4v) is 2.21. The Morgan fingerprint density at radius 2 is 2.19 bits per heavy atom. The highest BCUT2D eigenvalue weighted by Gasteiger charge is 2.29. The molecule has 2 heterocycles. The summed E-state index contributed by atoms with van der Waals surface area (Å²) in [5.74, 6) is 1.24. The molecule has 4 rings (SSSR count). The first-order valence-corrected chi connectivity index (χ1v) is 7.05. The molecule has 2 aromatic heterocycles. The van der Waals surface area contributed by atoms with E-state index in [0.29, 0.717) is 18.5 Å². The maximum Gasteiger partial charge on any atom is 0.315 e. The Morgan fingerprint density at radius 1 is 1.24 bits per heavy atom. The molecule has 1 saturated carbocycles. The van der Waals surface area contributed by atoms with Crippen LogP contribution in [0.25, 0.3) is 5.69 Å². The second kappa shape index (κ2) is 5.05. The van der Waals surface area contributed by atoms with E-state index in [0.717, 1.165) is 30.0 Å². The van der Waals surface area contributed by atoms with Crippen LogP contribution in [0.4, 0.5) is 6.01 Å². The number of hydrogen-bond acceptors (Lipinski definition) is 5. The predicted molar refractivity (Wildman–Crippen MR) is 77.2 cm³/mol. The van der Waals surface area contributed by atoms with E-state index in [4.69, 9.17) is 4.42 Å². The van der Waals surface area contributed by atoms with E-state index in [1.807, 2.05) is 29.1 Å². The van der Waals surface area contributed by atoms with Crippen LogP contribution in [-0.2, 0) is 6.54 Å². The van der Waals surface area contributed by atoms with Crippen LogP contribution in [-0.4, -0.2) is 20.0 Å². The molecule has 0 aliphatic heterocycles. The summed E-state index contributed by atoms with van der Waals surface area (Å²) in [4.78, 5) is 0. The predicted octanol–water partition coefficient (Wildman–Crippen LogP) is 2.74. The van der Waals surface area contributed by atoms with Gasteiger partial charge in [-0.25, -0.2) is 4.68 Å². The molecule has 1 aliphatic rings. The number of benzene rings is 1. The summed E-state index contributed by atoms with van der Waals surface area (Å²) in [6, 6.07) is 10.6. The van der Waals surface area contributed by atoms with E-state index in [1.165, 1.54) is 0 Å². The molecule has 0 atom stereocenters. The summed E-state index contributed by atoms with van der Waals surface area (Å²) in [6.07, 6.45) is 6.01. The van der Waals surface area contributed by atoms with E-state index in [9.17, 15) is 0 Å². The highest BCUT2D eigenvalue weighted by Crippen LogP contribution is 2.39. The van der Waals surface area contributed by atoms with Gasteiger partial charge in [-0.15, -0.1) is 5.10 Å². The van der Waals surface area contributed by atoms with Crippen LogP contribution in [0.3, 0.4) is 0 Å². The van der Waals surface area contributed by atoms with Crippen LogP contribution in [0.15, 0.2) is 47.1 Å². The second-order valence-corrected chi connectivity index (χ2v) is 5.19. The third-order valence-corrected chi connectivity index (χ3v) is 3.49. The van der Waals surface area contributed by atoms with Gasteiger partial charge in [-0.3, -0.25) is 0 Å². The molecule has 0 radical (unpaired) electrons. The average Bonchev–Trinajstić information content (AvgIpc) is 3.05. The summed E-state index contributed by atoms with van der Waals surface area (Å²) in [5.41, 5.74) is 2.16. The van der Waals surface area contributed by atoms with Crippen LogP contribution < -0.4 is 5.32 Å². The third-order valence-electron chi connectivity index (χ3n) is 3.49. The molecule has 106 valence electrons. The van der Waals surface area contributed by atoms with Crippen LogP contribution in [0, 0.1) is 0 Å². The number of anilines is 1. The SMILES string of the molecule is c1cc(CNc2nnc(C3CC3)o2)cc(-n2cccn2)c1. The summed E-state index contributed by atoms with van der Waals surface area (Å²) in [5, 5.41) is 15.5. The molecule has 0 saturated heterocycles. The first-order chi connectivity index (χ1) is 10.4. The molecule has 6 nitrogen and oxygen atoms in total. The van der Waals surface area contributed by atoms with Crippen LogP contribution in [0.1, 0.15) is 30.2 Å². The van der Waals surface area contributed by atoms with Gasteiger partial charge in [0.15, 0.2) is 0 Å². The van der Waals surface area contributed by atoms with Crippen molar-refractivity contribution in [2.45, 2.75) is 25.3 Å². The lowest BCUT2D eigenvalue weighted by molar-refractivity contribution is 0.507. The Balaban J connectivity index is 1.45. The minimum atomic E-state index is 0.483. The Bertz CT molecular complexity index is 730. The summed E-state index contributed by atoms with van der Waals surface area (Å²) in [7, 11) is 0. The smallest absolute Gasteiger partial charge is 0.315 e. The molecule has 1 fully saturated rings. The Kier molecular flexibility index (Phi) is 2.92. The van der Waals surface area contributed by atoms with Gasteiger partial charge in [0.05, 0.1) is 5.69 Å². The van der Waals surface area contributed by atoms with Crippen molar-refractivity contribution in [1.29, 1.82) is 0 Å². The molecule has 1 N–H and O–H groups in total. The summed E-state index contributed by atoms with van der Waals surface area (Å²) < 4.78 is 7.42. The molecule has 1 aliphatic carbocycles. The molecule has 0 unspecified atom stereocenters. The highest BCUT2D eigenvalue weighted by molar-refractivity contribution is 5.36. The Labute approximate surface area is 121 Å². The lowest BCUT2D eigenvalue weighted by Crippen LogP contribution is -2.01. The maximum atomic E-state index is 5.58. The van der Waals surface area contributed by atoms with E-state index < -0.39 is 0 Å². The van der Waals surface area contributed by atoms with Gasteiger partial charge < -0.3 is 9.73 Å². The second-order valence-electron chi connectivity index (χ2n) is 5.19. The Hall–Kier alpha value is -2.63. The van der Waals surface area contributed by atoms with Gasteiger partial charge in [-0.1, -0.05) is 17.2 Å². The van der Waals surface area contributed by atoms with E-state index >= 15 is 0 Å². The van der Waals surface area contributed by atoms with E-state index in [2.05, 4.69) is 32.7 Å². The van der Waals surface area contributed by atoms with Crippen molar-refractivity contribution in [3.63, 3.8) is 0 Å².